The number of carbonyl (C=O) groups is 2. The van der Waals surface area contributed by atoms with E-state index in [4.69, 9.17) is 10.5 Å². The first-order valence-corrected chi connectivity index (χ1v) is 14.6. The van der Waals surface area contributed by atoms with Crippen LogP contribution in [0.3, 0.4) is 0 Å². The molecule has 46 heavy (non-hydrogen) atoms. The first-order chi connectivity index (χ1) is 22.0. The van der Waals surface area contributed by atoms with Crippen LogP contribution in [0.25, 0.3) is 17.1 Å². The number of H-pyrrole nitrogens is 1. The summed E-state index contributed by atoms with van der Waals surface area (Å²) in [5.41, 5.74) is 6.57. The monoisotopic (exact) mass is 636 g/mol. The van der Waals surface area contributed by atoms with Crippen molar-refractivity contribution in [2.75, 3.05) is 26.2 Å². The highest BCUT2D eigenvalue weighted by molar-refractivity contribution is 5.96. The van der Waals surface area contributed by atoms with Crippen LogP contribution < -0.4 is 11.4 Å². The van der Waals surface area contributed by atoms with Crippen LogP contribution in [-0.4, -0.2) is 73.0 Å². The maximum Gasteiger partial charge on any atom is 0.404 e. The Morgan fingerprint density at radius 2 is 1.76 bits per heavy atom. The maximum absolute atomic E-state index is 15.4. The van der Waals surface area contributed by atoms with Gasteiger partial charge >= 0.3 is 11.8 Å². The molecule has 2 heterocycles. The summed E-state index contributed by atoms with van der Waals surface area (Å²) in [7, 11) is 0. The molecule has 242 valence electrons. The Morgan fingerprint density at radius 3 is 2.41 bits per heavy atom. The van der Waals surface area contributed by atoms with Crippen molar-refractivity contribution in [2.24, 2.45) is 5.73 Å². The molecule has 0 spiro atoms. The number of nitrogens with two attached hydrogens (primary N) is 1. The number of primary amides is 1. The number of aromatic amines is 1. The summed E-state index contributed by atoms with van der Waals surface area (Å²) in [5, 5.41) is 27.2. The molecular weight excluding hydrogens is 602 g/mol. The predicted octanol–water partition coefficient (Wildman–Crippen LogP) is 3.92. The SMILES string of the molecule is CC(C)c1cc(-c2n[nH]c(=O)n2-c2ccc(CN3CCN(C(=O)c4ccc(COC(N)=O)cc4CF)CC3)c(F)c2)c(O)cc1O. The normalized spacial score (nSPS) is 13.7. The topological polar surface area (TPSA) is 167 Å². The molecule has 5 N–H and O–H groups in total. The zero-order chi connectivity index (χ0) is 33.1. The van der Waals surface area contributed by atoms with Crippen molar-refractivity contribution in [3.05, 3.63) is 92.6 Å². The van der Waals surface area contributed by atoms with Crippen LogP contribution in [0.5, 0.6) is 11.5 Å². The Morgan fingerprint density at radius 1 is 1.02 bits per heavy atom. The minimum absolute atomic E-state index is 0.0573. The molecule has 0 radical (unpaired) electrons. The van der Waals surface area contributed by atoms with E-state index in [-0.39, 0.29) is 64.7 Å². The summed E-state index contributed by atoms with van der Waals surface area (Å²) >= 11 is 0. The number of nitrogens with zero attached hydrogens (tertiary/aromatic N) is 4. The fourth-order valence-corrected chi connectivity index (χ4v) is 5.49. The number of nitrogens with one attached hydrogen (secondary N) is 1. The lowest BCUT2D eigenvalue weighted by Gasteiger charge is -2.35. The van der Waals surface area contributed by atoms with Crippen molar-refractivity contribution in [1.82, 2.24) is 24.6 Å². The predicted molar refractivity (Wildman–Crippen MR) is 164 cm³/mol. The number of phenols is 2. The molecule has 1 saturated heterocycles. The molecule has 0 saturated carbocycles. The third-order valence-corrected chi connectivity index (χ3v) is 7.95. The molecule has 0 unspecified atom stereocenters. The molecule has 3 aromatic carbocycles. The van der Waals surface area contributed by atoms with Crippen molar-refractivity contribution >= 4 is 12.0 Å². The van der Waals surface area contributed by atoms with Gasteiger partial charge in [-0.3, -0.25) is 9.69 Å². The number of hydrogen-bond acceptors (Lipinski definition) is 8. The summed E-state index contributed by atoms with van der Waals surface area (Å²) < 4.78 is 35.1. The average molecular weight is 637 g/mol. The Hall–Kier alpha value is -5.24. The summed E-state index contributed by atoms with van der Waals surface area (Å²) in [6, 6.07) is 11.6. The van der Waals surface area contributed by atoms with Crippen LogP contribution >= 0.6 is 0 Å². The van der Waals surface area contributed by atoms with E-state index in [1.54, 1.807) is 29.2 Å². The number of piperazine rings is 1. The highest BCUT2D eigenvalue weighted by atomic mass is 19.1. The average Bonchev–Trinajstić information content (AvgIpc) is 3.41. The van der Waals surface area contributed by atoms with Gasteiger partial charge in [0.2, 0.25) is 0 Å². The third-order valence-electron chi connectivity index (χ3n) is 7.95. The first-order valence-electron chi connectivity index (χ1n) is 14.6. The van der Waals surface area contributed by atoms with Gasteiger partial charge in [0, 0.05) is 49.9 Å². The summed E-state index contributed by atoms with van der Waals surface area (Å²) in [4.78, 5) is 40.4. The highest BCUT2D eigenvalue weighted by Gasteiger charge is 2.25. The zero-order valence-corrected chi connectivity index (χ0v) is 25.3. The minimum atomic E-state index is -0.954. The number of aromatic hydroxyl groups is 2. The second-order valence-electron chi connectivity index (χ2n) is 11.3. The largest absolute Gasteiger partial charge is 0.508 e. The highest BCUT2D eigenvalue weighted by Crippen LogP contribution is 2.37. The molecule has 0 bridgehead atoms. The summed E-state index contributed by atoms with van der Waals surface area (Å²) in [6.45, 7) is 4.58. The number of aromatic nitrogens is 3. The van der Waals surface area contributed by atoms with Crippen LogP contribution in [0.4, 0.5) is 13.6 Å². The van der Waals surface area contributed by atoms with Gasteiger partial charge in [-0.05, 0) is 52.9 Å². The summed E-state index contributed by atoms with van der Waals surface area (Å²) in [5.74, 6) is -1.28. The van der Waals surface area contributed by atoms with Gasteiger partial charge in [-0.25, -0.2) is 28.0 Å². The maximum atomic E-state index is 15.4. The molecule has 5 rings (SSSR count). The van der Waals surface area contributed by atoms with E-state index in [1.807, 2.05) is 18.7 Å². The first kappa shape index (κ1) is 32.2. The number of alkyl halides is 1. The van der Waals surface area contributed by atoms with Crippen molar-refractivity contribution in [3.8, 4) is 28.6 Å². The fourth-order valence-electron chi connectivity index (χ4n) is 5.49. The van der Waals surface area contributed by atoms with Crippen LogP contribution in [-0.2, 0) is 24.6 Å². The van der Waals surface area contributed by atoms with Gasteiger partial charge in [0.25, 0.3) is 5.91 Å². The number of carbonyl (C=O) groups excluding carboxylic acids is 2. The van der Waals surface area contributed by atoms with Gasteiger partial charge in [-0.1, -0.05) is 26.0 Å². The third kappa shape index (κ3) is 6.71. The number of halogens is 2. The Labute approximate surface area is 262 Å². The Kier molecular flexibility index (Phi) is 9.37. The smallest absolute Gasteiger partial charge is 0.404 e. The van der Waals surface area contributed by atoms with E-state index in [0.717, 1.165) is 4.57 Å². The molecule has 4 aromatic rings. The van der Waals surface area contributed by atoms with Crippen LogP contribution in [0, 0.1) is 5.82 Å². The molecular formula is C32H34F2N6O6. The van der Waals surface area contributed by atoms with Gasteiger partial charge in [-0.2, -0.15) is 5.10 Å². The fraction of sp³-hybridized carbons (Fsp3) is 0.312. The second-order valence-corrected chi connectivity index (χ2v) is 11.3. The lowest BCUT2D eigenvalue weighted by Crippen LogP contribution is -2.48. The van der Waals surface area contributed by atoms with Gasteiger partial charge in [0.1, 0.15) is 30.6 Å². The van der Waals surface area contributed by atoms with Crippen molar-refractivity contribution in [2.45, 2.75) is 39.6 Å². The molecule has 1 aliphatic rings. The van der Waals surface area contributed by atoms with Crippen LogP contribution in [0.2, 0.25) is 0 Å². The lowest BCUT2D eigenvalue weighted by molar-refractivity contribution is 0.0625. The Balaban J connectivity index is 1.27. The zero-order valence-electron chi connectivity index (χ0n) is 25.3. The molecule has 2 amide bonds. The molecule has 1 aliphatic heterocycles. The van der Waals surface area contributed by atoms with Crippen molar-refractivity contribution in [3.63, 3.8) is 0 Å². The van der Waals surface area contributed by atoms with Gasteiger partial charge < -0.3 is 25.6 Å². The minimum Gasteiger partial charge on any atom is -0.508 e. The number of benzene rings is 3. The number of phenolic OH excluding ortho intramolecular Hbond substituents is 2. The molecule has 0 atom stereocenters. The lowest BCUT2D eigenvalue weighted by atomic mass is 9.98. The molecule has 1 aromatic heterocycles. The van der Waals surface area contributed by atoms with Gasteiger partial charge in [-0.15, -0.1) is 0 Å². The molecule has 12 nitrogen and oxygen atoms in total. The van der Waals surface area contributed by atoms with E-state index in [1.165, 1.54) is 24.3 Å². The molecule has 14 heteroatoms. The molecule has 1 fully saturated rings. The van der Waals surface area contributed by atoms with Crippen molar-refractivity contribution in [1.29, 1.82) is 0 Å². The van der Waals surface area contributed by atoms with Gasteiger partial charge in [0.15, 0.2) is 5.82 Å². The number of ether oxygens (including phenoxy) is 1. The van der Waals surface area contributed by atoms with E-state index in [9.17, 15) is 29.0 Å². The quantitative estimate of drug-likeness (QED) is 0.215. The Bertz CT molecular complexity index is 1830. The second kappa shape index (κ2) is 13.4. The summed E-state index contributed by atoms with van der Waals surface area (Å²) in [6.07, 6.45) is -0.954. The number of rotatable bonds is 9. The number of amides is 2. The van der Waals surface area contributed by atoms with Crippen LogP contribution in [0.1, 0.15) is 52.4 Å². The van der Waals surface area contributed by atoms with Crippen LogP contribution in [0.15, 0.2) is 53.3 Å². The van der Waals surface area contributed by atoms with Crippen molar-refractivity contribution < 1.29 is 33.3 Å². The van der Waals surface area contributed by atoms with E-state index in [2.05, 4.69) is 10.2 Å². The van der Waals surface area contributed by atoms with E-state index < -0.39 is 24.3 Å². The van der Waals surface area contributed by atoms with E-state index >= 15 is 4.39 Å². The standard InChI is InChI=1S/C32H34F2N6O6/c1-18(2)24-13-25(28(42)14-27(24)41)29-36-37-32(45)40(29)22-5-4-20(26(34)12-22)16-38-7-9-39(10-8-38)30(43)23-6-3-19(11-21(23)15-33)17-46-31(35)44/h3-6,11-14,18,41-42H,7-10,15-17H2,1-2H3,(H2,35,44)(H,37,45). The molecule has 0 aliphatic carbocycles. The number of hydrogen-bond donors (Lipinski definition) is 4. The van der Waals surface area contributed by atoms with E-state index in [0.29, 0.717) is 42.9 Å². The van der Waals surface area contributed by atoms with Gasteiger partial charge in [0.05, 0.1) is 11.3 Å².